The highest BCUT2D eigenvalue weighted by Gasteiger charge is 2.28. The van der Waals surface area contributed by atoms with Crippen molar-refractivity contribution in [3.63, 3.8) is 0 Å². The van der Waals surface area contributed by atoms with E-state index in [0.29, 0.717) is 16.7 Å². The van der Waals surface area contributed by atoms with Gasteiger partial charge in [0.2, 0.25) is 5.91 Å². The minimum atomic E-state index is -0.532. The summed E-state index contributed by atoms with van der Waals surface area (Å²) < 4.78 is 13.0. The van der Waals surface area contributed by atoms with Gasteiger partial charge in [-0.05, 0) is 58.7 Å². The van der Waals surface area contributed by atoms with E-state index in [1.165, 1.54) is 18.2 Å². The highest BCUT2D eigenvalue weighted by atomic mass is 32.2. The first-order valence-corrected chi connectivity index (χ1v) is 12.5. The van der Waals surface area contributed by atoms with Crippen molar-refractivity contribution in [1.82, 2.24) is 25.4 Å². The Morgan fingerprint density at radius 2 is 1.76 bits per heavy atom. The van der Waals surface area contributed by atoms with E-state index >= 15 is 0 Å². The van der Waals surface area contributed by atoms with E-state index in [-0.39, 0.29) is 11.9 Å². The maximum absolute atomic E-state index is 12.7. The summed E-state index contributed by atoms with van der Waals surface area (Å²) in [5.74, 6) is 1.61. The van der Waals surface area contributed by atoms with Crippen LogP contribution in [0.3, 0.4) is 0 Å². The Kier molecular flexibility index (Phi) is 8.46. The molecular weight excluding hydrogens is 454 g/mol. The quantitative estimate of drug-likeness (QED) is 0.549. The van der Waals surface area contributed by atoms with Crippen LogP contribution in [0, 0.1) is 0 Å². The lowest BCUT2D eigenvalue weighted by Crippen LogP contribution is -2.49. The minimum Gasteiger partial charge on any atom is -0.493 e. The van der Waals surface area contributed by atoms with Crippen molar-refractivity contribution in [2.75, 3.05) is 14.2 Å². The van der Waals surface area contributed by atoms with E-state index in [2.05, 4.69) is 25.4 Å². The molecule has 1 saturated carbocycles. The second kappa shape index (κ2) is 11.1. The smallest absolute Gasteiger partial charge is 0.321 e. The van der Waals surface area contributed by atoms with Gasteiger partial charge in [0.1, 0.15) is 0 Å². The van der Waals surface area contributed by atoms with Gasteiger partial charge in [-0.2, -0.15) is 0 Å². The average molecular weight is 490 g/mol. The summed E-state index contributed by atoms with van der Waals surface area (Å²) in [7, 11) is 3.20. The van der Waals surface area contributed by atoms with Crippen LogP contribution in [0.4, 0.5) is 4.79 Å². The van der Waals surface area contributed by atoms with Crippen molar-refractivity contribution >= 4 is 23.7 Å². The van der Waals surface area contributed by atoms with Crippen molar-refractivity contribution in [2.24, 2.45) is 0 Å². The maximum atomic E-state index is 12.7. The zero-order valence-corrected chi connectivity index (χ0v) is 21.6. The lowest BCUT2D eigenvalue weighted by molar-refractivity contribution is -0.119. The molecule has 1 aliphatic rings. The molecule has 1 atom stereocenters. The van der Waals surface area contributed by atoms with E-state index in [1.807, 2.05) is 39.0 Å². The fourth-order valence-electron chi connectivity index (χ4n) is 3.99. The highest BCUT2D eigenvalue weighted by Crippen LogP contribution is 2.38. The van der Waals surface area contributed by atoms with Crippen LogP contribution < -0.4 is 20.1 Å². The summed E-state index contributed by atoms with van der Waals surface area (Å²) in [5.41, 5.74) is 0.431. The molecule has 3 amide bonds. The SMILES string of the molecule is COc1ccc(-c2nnc(SC(C)C(=O)NC(=O)NC(C)(C)C)n2C2CCCCC2)cc1OC. The Balaban J connectivity index is 1.87. The fraction of sp³-hybridized carbons (Fsp3) is 0.583. The summed E-state index contributed by atoms with van der Waals surface area (Å²) in [4.78, 5) is 24.8. The largest absolute Gasteiger partial charge is 0.493 e. The van der Waals surface area contributed by atoms with Crippen molar-refractivity contribution < 1.29 is 19.1 Å². The number of hydrogen-bond donors (Lipinski definition) is 2. The van der Waals surface area contributed by atoms with Crippen molar-refractivity contribution in [2.45, 2.75) is 81.8 Å². The predicted octanol–water partition coefficient (Wildman–Crippen LogP) is 4.57. The van der Waals surface area contributed by atoms with Crippen LogP contribution in [0.1, 0.15) is 65.8 Å². The summed E-state index contributed by atoms with van der Waals surface area (Å²) in [5, 5.41) is 14.2. The van der Waals surface area contributed by atoms with Gasteiger partial charge in [-0.1, -0.05) is 31.0 Å². The molecular formula is C24H35N5O4S. The first kappa shape index (κ1) is 25.9. The fourth-order valence-corrected chi connectivity index (χ4v) is 4.91. The number of nitrogens with zero attached hydrogens (tertiary/aromatic N) is 3. The standard InChI is InChI=1S/C24H35N5O4S/c1-15(21(30)25-22(31)26-24(2,3)4)34-23-28-27-20(29(23)17-10-8-7-9-11-17)16-12-13-18(32-5)19(14-16)33-6/h12-15,17H,7-11H2,1-6H3,(H2,25,26,30,31). The monoisotopic (exact) mass is 489 g/mol. The first-order chi connectivity index (χ1) is 16.1. The number of rotatable bonds is 7. The van der Waals surface area contributed by atoms with E-state index < -0.39 is 16.8 Å². The Hall–Kier alpha value is -2.75. The number of benzene rings is 1. The molecule has 186 valence electrons. The van der Waals surface area contributed by atoms with Gasteiger partial charge < -0.3 is 14.8 Å². The molecule has 2 aromatic rings. The maximum Gasteiger partial charge on any atom is 0.321 e. The van der Waals surface area contributed by atoms with Gasteiger partial charge in [0.25, 0.3) is 0 Å². The summed E-state index contributed by atoms with van der Waals surface area (Å²) in [6, 6.07) is 5.42. The molecule has 34 heavy (non-hydrogen) atoms. The summed E-state index contributed by atoms with van der Waals surface area (Å²) in [6.07, 6.45) is 5.55. The lowest BCUT2D eigenvalue weighted by atomic mass is 9.95. The number of methoxy groups -OCH3 is 2. The van der Waals surface area contributed by atoms with Crippen molar-refractivity contribution in [1.29, 1.82) is 0 Å². The second-order valence-corrected chi connectivity index (χ2v) is 10.8. The minimum absolute atomic E-state index is 0.244. The summed E-state index contributed by atoms with van der Waals surface area (Å²) >= 11 is 1.31. The molecule has 1 fully saturated rings. The molecule has 0 spiro atoms. The number of amides is 3. The topological polar surface area (TPSA) is 107 Å². The molecule has 0 radical (unpaired) electrons. The lowest BCUT2D eigenvalue weighted by Gasteiger charge is -2.26. The van der Waals surface area contributed by atoms with Crippen molar-refractivity contribution in [3.8, 4) is 22.9 Å². The molecule has 1 heterocycles. The molecule has 0 saturated heterocycles. The molecule has 10 heteroatoms. The van der Waals surface area contributed by atoms with E-state index in [1.54, 1.807) is 21.1 Å². The van der Waals surface area contributed by atoms with Crippen LogP contribution in [0.2, 0.25) is 0 Å². The van der Waals surface area contributed by atoms with E-state index in [0.717, 1.165) is 37.1 Å². The first-order valence-electron chi connectivity index (χ1n) is 11.6. The Morgan fingerprint density at radius 1 is 1.09 bits per heavy atom. The second-order valence-electron chi connectivity index (χ2n) is 9.49. The normalized spacial score (nSPS) is 15.5. The average Bonchev–Trinajstić information content (AvgIpc) is 3.21. The molecule has 1 aromatic carbocycles. The molecule has 0 bridgehead atoms. The number of hydrogen-bond acceptors (Lipinski definition) is 7. The van der Waals surface area contributed by atoms with Gasteiger partial charge in [0, 0.05) is 17.1 Å². The van der Waals surface area contributed by atoms with Crippen LogP contribution >= 0.6 is 11.8 Å². The Morgan fingerprint density at radius 3 is 2.38 bits per heavy atom. The third kappa shape index (κ3) is 6.43. The number of ether oxygens (including phenoxy) is 2. The van der Waals surface area contributed by atoms with Gasteiger partial charge in [-0.3, -0.25) is 14.7 Å². The predicted molar refractivity (Wildman–Crippen MR) is 132 cm³/mol. The number of nitrogens with one attached hydrogen (secondary N) is 2. The molecule has 2 N–H and O–H groups in total. The number of carbonyl (C=O) groups is 2. The van der Waals surface area contributed by atoms with Crippen LogP contribution in [0.15, 0.2) is 23.4 Å². The van der Waals surface area contributed by atoms with Gasteiger partial charge in [0.05, 0.1) is 19.5 Å². The van der Waals surface area contributed by atoms with Gasteiger partial charge in [-0.15, -0.1) is 10.2 Å². The molecule has 1 aromatic heterocycles. The third-order valence-electron chi connectivity index (χ3n) is 5.62. The number of carbonyl (C=O) groups excluding carboxylic acids is 2. The third-order valence-corrected chi connectivity index (χ3v) is 6.68. The van der Waals surface area contributed by atoms with Crippen molar-refractivity contribution in [3.05, 3.63) is 18.2 Å². The molecule has 3 rings (SSSR count). The Labute approximate surface area is 205 Å². The zero-order chi connectivity index (χ0) is 24.9. The highest BCUT2D eigenvalue weighted by molar-refractivity contribution is 8.00. The Bertz CT molecular complexity index is 1010. The molecule has 1 unspecified atom stereocenters. The molecule has 9 nitrogen and oxygen atoms in total. The summed E-state index contributed by atoms with van der Waals surface area (Å²) in [6.45, 7) is 7.34. The van der Waals surface area contributed by atoms with E-state index in [4.69, 9.17) is 9.47 Å². The van der Waals surface area contributed by atoms with Crippen LogP contribution in [0.5, 0.6) is 11.5 Å². The number of thioether (sulfide) groups is 1. The van der Waals surface area contributed by atoms with E-state index in [9.17, 15) is 9.59 Å². The molecule has 1 aliphatic carbocycles. The number of aromatic nitrogens is 3. The van der Waals surface area contributed by atoms with Crippen LogP contribution in [-0.4, -0.2) is 51.7 Å². The van der Waals surface area contributed by atoms with Gasteiger partial charge >= 0.3 is 6.03 Å². The van der Waals surface area contributed by atoms with Gasteiger partial charge in [0.15, 0.2) is 22.5 Å². The van der Waals surface area contributed by atoms with Gasteiger partial charge in [-0.25, -0.2) is 4.79 Å². The van der Waals surface area contributed by atoms with Crippen LogP contribution in [-0.2, 0) is 4.79 Å². The number of imide groups is 1. The number of urea groups is 1. The zero-order valence-electron chi connectivity index (χ0n) is 20.8. The van der Waals surface area contributed by atoms with Crippen LogP contribution in [0.25, 0.3) is 11.4 Å². The molecule has 0 aliphatic heterocycles.